The number of anilines is 1. The number of amides is 1. The maximum atomic E-state index is 12.5. The molecule has 2 aromatic heterocycles. The van der Waals surface area contributed by atoms with Crippen LogP contribution in [-0.4, -0.2) is 31.2 Å². The second kappa shape index (κ2) is 8.16. The van der Waals surface area contributed by atoms with E-state index in [0.29, 0.717) is 16.6 Å². The van der Waals surface area contributed by atoms with Crippen LogP contribution >= 0.6 is 11.8 Å². The summed E-state index contributed by atoms with van der Waals surface area (Å²) in [7, 11) is 0. The van der Waals surface area contributed by atoms with Crippen LogP contribution in [0.3, 0.4) is 0 Å². The first-order valence-corrected chi connectivity index (χ1v) is 10.4. The first-order valence-electron chi connectivity index (χ1n) is 9.46. The molecule has 8 heteroatoms. The zero-order valence-corrected chi connectivity index (χ0v) is 17.7. The second-order valence-electron chi connectivity index (χ2n) is 7.15. The van der Waals surface area contributed by atoms with Crippen LogP contribution in [0, 0.1) is 20.8 Å². The Balaban J connectivity index is 1.59. The molecule has 0 aliphatic heterocycles. The molecule has 0 aliphatic carbocycles. The fraction of sp³-hybridized carbons (Fsp3) is 0.182. The molecule has 2 aromatic carbocycles. The summed E-state index contributed by atoms with van der Waals surface area (Å²) in [5, 5.41) is 6.08. The Morgan fingerprint density at radius 3 is 2.67 bits per heavy atom. The first kappa shape index (κ1) is 19.9. The molecule has 30 heavy (non-hydrogen) atoms. The van der Waals surface area contributed by atoms with Crippen LogP contribution in [0.5, 0.6) is 0 Å². The van der Waals surface area contributed by atoms with E-state index in [9.17, 15) is 9.59 Å². The van der Waals surface area contributed by atoms with E-state index >= 15 is 0 Å². The number of aryl methyl sites for hydroxylation is 3. The predicted octanol–water partition coefficient (Wildman–Crippen LogP) is 3.74. The molecule has 7 nitrogen and oxygen atoms in total. The number of benzene rings is 2. The minimum atomic E-state index is -0.271. The van der Waals surface area contributed by atoms with Gasteiger partial charge in [-0.3, -0.25) is 14.7 Å². The van der Waals surface area contributed by atoms with E-state index in [4.69, 9.17) is 0 Å². The summed E-state index contributed by atoms with van der Waals surface area (Å²) < 4.78 is 1.51. The number of fused-ring (bicyclic) bond motifs is 1. The van der Waals surface area contributed by atoms with Crippen molar-refractivity contribution in [3.8, 4) is 11.4 Å². The minimum absolute atomic E-state index is 0.145. The van der Waals surface area contributed by atoms with Crippen molar-refractivity contribution in [2.45, 2.75) is 25.9 Å². The van der Waals surface area contributed by atoms with Crippen molar-refractivity contribution >= 4 is 29.0 Å². The highest BCUT2D eigenvalue weighted by atomic mass is 32.2. The summed E-state index contributed by atoms with van der Waals surface area (Å²) in [5.74, 6) is 0.503. The van der Waals surface area contributed by atoms with E-state index in [1.807, 2.05) is 63.2 Å². The molecule has 4 rings (SSSR count). The van der Waals surface area contributed by atoms with E-state index in [1.54, 1.807) is 0 Å². The summed E-state index contributed by atoms with van der Waals surface area (Å²) >= 11 is 1.24. The summed E-state index contributed by atoms with van der Waals surface area (Å²) in [6, 6.07) is 15.1. The van der Waals surface area contributed by atoms with Crippen LogP contribution in [-0.2, 0) is 4.79 Å². The van der Waals surface area contributed by atoms with Gasteiger partial charge in [0.25, 0.3) is 5.56 Å². The average Bonchev–Trinajstić information content (AvgIpc) is 3.09. The van der Waals surface area contributed by atoms with Crippen LogP contribution in [0.4, 0.5) is 5.69 Å². The van der Waals surface area contributed by atoms with Gasteiger partial charge in [0, 0.05) is 17.3 Å². The standard InChI is InChI=1S/C22H21N5O2S/c1-13-5-4-6-16(9-13)21-24-18-11-19(28)26-27(18)22(25-21)30-12-20(29)23-17-8-7-14(2)15(3)10-17/h4-11H,12H2,1-3H3,(H,23,29)(H,26,28). The van der Waals surface area contributed by atoms with E-state index in [1.165, 1.54) is 27.9 Å². The van der Waals surface area contributed by atoms with Crippen LogP contribution < -0.4 is 10.9 Å². The number of H-pyrrole nitrogens is 1. The Hall–Kier alpha value is -3.39. The number of carbonyl (C=O) groups excluding carboxylic acids is 1. The molecule has 0 unspecified atom stereocenters. The van der Waals surface area contributed by atoms with Crippen LogP contribution in [0.2, 0.25) is 0 Å². The number of aromatic amines is 1. The molecule has 1 amide bonds. The third-order valence-corrected chi connectivity index (χ3v) is 5.66. The minimum Gasteiger partial charge on any atom is -0.325 e. The Bertz CT molecular complexity index is 1310. The summed E-state index contributed by atoms with van der Waals surface area (Å²) in [4.78, 5) is 33.4. The third-order valence-electron chi connectivity index (χ3n) is 4.72. The van der Waals surface area contributed by atoms with Crippen molar-refractivity contribution in [3.05, 3.63) is 75.6 Å². The fourth-order valence-electron chi connectivity index (χ4n) is 3.04. The SMILES string of the molecule is Cc1cccc(-c2nc(SCC(=O)Nc3ccc(C)c(C)c3)n3[nH]c(=O)cc3n2)c1. The van der Waals surface area contributed by atoms with E-state index in [-0.39, 0.29) is 17.2 Å². The van der Waals surface area contributed by atoms with Crippen molar-refractivity contribution in [2.75, 3.05) is 11.1 Å². The van der Waals surface area contributed by atoms with Crippen LogP contribution in [0.1, 0.15) is 16.7 Å². The normalized spacial score (nSPS) is 11.0. The average molecular weight is 420 g/mol. The van der Waals surface area contributed by atoms with Crippen molar-refractivity contribution in [1.82, 2.24) is 19.6 Å². The first-order chi connectivity index (χ1) is 14.4. The van der Waals surface area contributed by atoms with Gasteiger partial charge in [-0.15, -0.1) is 0 Å². The molecule has 0 bridgehead atoms. The lowest BCUT2D eigenvalue weighted by Crippen LogP contribution is -2.15. The van der Waals surface area contributed by atoms with Gasteiger partial charge in [-0.05, 0) is 50.1 Å². The van der Waals surface area contributed by atoms with Crippen LogP contribution in [0.25, 0.3) is 17.0 Å². The van der Waals surface area contributed by atoms with Gasteiger partial charge in [-0.1, -0.05) is 41.6 Å². The molecule has 0 spiro atoms. The van der Waals surface area contributed by atoms with Gasteiger partial charge in [0.1, 0.15) is 0 Å². The topological polar surface area (TPSA) is 92.2 Å². The van der Waals surface area contributed by atoms with Gasteiger partial charge in [0.15, 0.2) is 16.6 Å². The number of hydrogen-bond donors (Lipinski definition) is 2. The molecule has 2 N–H and O–H groups in total. The van der Waals surface area contributed by atoms with Crippen molar-refractivity contribution in [3.63, 3.8) is 0 Å². The van der Waals surface area contributed by atoms with Gasteiger partial charge in [0.05, 0.1) is 5.75 Å². The highest BCUT2D eigenvalue weighted by molar-refractivity contribution is 7.99. The molecule has 152 valence electrons. The summed E-state index contributed by atoms with van der Waals surface area (Å²) in [6.45, 7) is 6.03. The number of hydrogen-bond acceptors (Lipinski definition) is 5. The monoisotopic (exact) mass is 419 g/mol. The van der Waals surface area contributed by atoms with Gasteiger partial charge in [-0.25, -0.2) is 14.5 Å². The van der Waals surface area contributed by atoms with E-state index < -0.39 is 0 Å². The predicted molar refractivity (Wildman–Crippen MR) is 119 cm³/mol. The van der Waals surface area contributed by atoms with E-state index in [0.717, 1.165) is 22.4 Å². The summed E-state index contributed by atoms with van der Waals surface area (Å²) in [6.07, 6.45) is 0. The molecule has 0 fully saturated rings. The largest absolute Gasteiger partial charge is 0.325 e. The van der Waals surface area contributed by atoms with E-state index in [2.05, 4.69) is 20.4 Å². The van der Waals surface area contributed by atoms with Gasteiger partial charge >= 0.3 is 0 Å². The number of thioether (sulfide) groups is 1. The molecule has 4 aromatic rings. The molecule has 0 atom stereocenters. The Morgan fingerprint density at radius 1 is 1.07 bits per heavy atom. The highest BCUT2D eigenvalue weighted by Gasteiger charge is 2.13. The molecular formula is C22H21N5O2S. The lowest BCUT2D eigenvalue weighted by molar-refractivity contribution is -0.113. The lowest BCUT2D eigenvalue weighted by atomic mass is 10.1. The quantitative estimate of drug-likeness (QED) is 0.481. The third kappa shape index (κ3) is 4.28. The second-order valence-corrected chi connectivity index (χ2v) is 8.09. The number of aromatic nitrogens is 4. The molecule has 2 heterocycles. The highest BCUT2D eigenvalue weighted by Crippen LogP contribution is 2.22. The van der Waals surface area contributed by atoms with Gasteiger partial charge < -0.3 is 5.32 Å². The number of carbonyl (C=O) groups is 1. The van der Waals surface area contributed by atoms with Crippen molar-refractivity contribution < 1.29 is 4.79 Å². The molecule has 0 aliphatic rings. The summed E-state index contributed by atoms with van der Waals surface area (Å²) in [5.41, 5.74) is 5.18. The molecule has 0 radical (unpaired) electrons. The van der Waals surface area contributed by atoms with Crippen molar-refractivity contribution in [1.29, 1.82) is 0 Å². The number of rotatable bonds is 5. The molecular weight excluding hydrogens is 398 g/mol. The zero-order valence-electron chi connectivity index (χ0n) is 16.9. The Kier molecular flexibility index (Phi) is 5.41. The van der Waals surface area contributed by atoms with Crippen molar-refractivity contribution in [2.24, 2.45) is 0 Å². The smallest absolute Gasteiger partial charge is 0.266 e. The Labute approximate surface area is 177 Å². The fourth-order valence-corrected chi connectivity index (χ4v) is 3.79. The number of nitrogens with one attached hydrogen (secondary N) is 2. The Morgan fingerprint density at radius 2 is 1.90 bits per heavy atom. The maximum Gasteiger partial charge on any atom is 0.266 e. The van der Waals surface area contributed by atoms with Crippen LogP contribution in [0.15, 0.2) is 58.5 Å². The molecule has 0 saturated heterocycles. The number of nitrogens with zero attached hydrogens (tertiary/aromatic N) is 3. The maximum absolute atomic E-state index is 12.5. The zero-order chi connectivity index (χ0) is 21.3. The van der Waals surface area contributed by atoms with Gasteiger partial charge in [-0.2, -0.15) is 0 Å². The molecule has 0 saturated carbocycles. The van der Waals surface area contributed by atoms with Gasteiger partial charge in [0.2, 0.25) is 5.91 Å². The lowest BCUT2D eigenvalue weighted by Gasteiger charge is -2.09.